The summed E-state index contributed by atoms with van der Waals surface area (Å²) in [6.07, 6.45) is 0. The quantitative estimate of drug-likeness (QED) is 0.684. The highest BCUT2D eigenvalue weighted by Crippen LogP contribution is 2.27. The van der Waals surface area contributed by atoms with Gasteiger partial charge < -0.3 is 14.7 Å². The molecule has 6 nitrogen and oxygen atoms in total. The van der Waals surface area contributed by atoms with Gasteiger partial charge in [0.1, 0.15) is 0 Å². The molecule has 1 aromatic carbocycles. The zero-order chi connectivity index (χ0) is 13.7. The molecule has 0 atom stereocenters. The van der Waals surface area contributed by atoms with Gasteiger partial charge in [0, 0.05) is 0 Å². The average molecular weight is 251 g/mol. The van der Waals surface area contributed by atoms with Crippen LogP contribution in [-0.2, 0) is 5.54 Å². The number of benzene rings is 1. The Morgan fingerprint density at radius 1 is 1.06 bits per heavy atom. The maximum absolute atomic E-state index is 12.1. The van der Waals surface area contributed by atoms with E-state index in [0.29, 0.717) is 0 Å². The first kappa shape index (κ1) is 12.2. The monoisotopic (exact) mass is 251 g/mol. The van der Waals surface area contributed by atoms with E-state index in [-0.39, 0.29) is 10.8 Å². The third-order valence-corrected chi connectivity index (χ3v) is 2.53. The molecule has 18 heavy (non-hydrogen) atoms. The molecular formula is C12H13NO5. The molecule has 0 unspecified atom stereocenters. The Bertz CT molecular complexity index is 733. The lowest BCUT2D eigenvalue weighted by Crippen LogP contribution is -2.36. The van der Waals surface area contributed by atoms with Gasteiger partial charge >= 0.3 is 5.63 Å². The van der Waals surface area contributed by atoms with E-state index in [1.165, 1.54) is 0 Å². The van der Waals surface area contributed by atoms with E-state index in [1.807, 2.05) is 0 Å². The number of phenolic OH excluding ortho intramolecular Hbond substituents is 2. The molecule has 6 heteroatoms. The lowest BCUT2D eigenvalue weighted by molar-refractivity contribution is 0.135. The molecule has 0 amide bonds. The van der Waals surface area contributed by atoms with Crippen molar-refractivity contribution in [2.75, 3.05) is 0 Å². The lowest BCUT2D eigenvalue weighted by Gasteiger charge is -2.19. The van der Waals surface area contributed by atoms with Gasteiger partial charge in [-0.25, -0.2) is 4.79 Å². The van der Waals surface area contributed by atoms with E-state index < -0.39 is 28.2 Å². The zero-order valence-electron chi connectivity index (χ0n) is 10.2. The van der Waals surface area contributed by atoms with E-state index >= 15 is 0 Å². The minimum absolute atomic E-state index is 0.0106. The Kier molecular flexibility index (Phi) is 2.46. The van der Waals surface area contributed by atoms with E-state index in [0.717, 1.165) is 16.9 Å². The number of aromatic nitrogens is 1. The first-order valence-electron chi connectivity index (χ1n) is 5.34. The van der Waals surface area contributed by atoms with Crippen LogP contribution in [-0.4, -0.2) is 15.0 Å². The number of fused-ring (bicyclic) bond motifs is 1. The summed E-state index contributed by atoms with van der Waals surface area (Å²) < 4.78 is 5.89. The smallest absolute Gasteiger partial charge is 0.364 e. The Labute approximate surface area is 102 Å². The van der Waals surface area contributed by atoms with Crippen LogP contribution in [0.2, 0.25) is 0 Å². The van der Waals surface area contributed by atoms with E-state index in [9.17, 15) is 19.8 Å². The molecular weight excluding hydrogens is 238 g/mol. The first-order chi connectivity index (χ1) is 8.21. The number of hydrogen-bond acceptors (Lipinski definition) is 5. The van der Waals surface area contributed by atoms with Crippen LogP contribution in [0.15, 0.2) is 26.2 Å². The fourth-order valence-electron chi connectivity index (χ4n) is 1.65. The van der Waals surface area contributed by atoms with Crippen LogP contribution >= 0.6 is 0 Å². The van der Waals surface area contributed by atoms with Crippen molar-refractivity contribution < 1.29 is 14.7 Å². The zero-order valence-corrected chi connectivity index (χ0v) is 10.2. The van der Waals surface area contributed by atoms with Crippen molar-refractivity contribution in [3.05, 3.63) is 32.9 Å². The molecule has 2 aromatic rings. The minimum atomic E-state index is -0.741. The molecule has 0 aliphatic heterocycles. The van der Waals surface area contributed by atoms with Crippen LogP contribution in [0.1, 0.15) is 20.8 Å². The van der Waals surface area contributed by atoms with Crippen LogP contribution in [0.25, 0.3) is 10.8 Å². The highest BCUT2D eigenvalue weighted by atomic mass is 16.5. The van der Waals surface area contributed by atoms with Crippen LogP contribution in [0, 0.1) is 0 Å². The molecule has 0 radical (unpaired) electrons. The van der Waals surface area contributed by atoms with Crippen molar-refractivity contribution in [3.8, 4) is 11.5 Å². The van der Waals surface area contributed by atoms with E-state index in [4.69, 9.17) is 4.52 Å². The third kappa shape index (κ3) is 1.75. The number of phenols is 2. The Morgan fingerprint density at radius 3 is 2.06 bits per heavy atom. The second-order valence-corrected chi connectivity index (χ2v) is 5.04. The summed E-state index contributed by atoms with van der Waals surface area (Å²) in [4.78, 5) is 23.9. The Morgan fingerprint density at radius 2 is 1.56 bits per heavy atom. The number of nitrogens with zero attached hydrogens (tertiary/aromatic N) is 1. The molecule has 1 aromatic heterocycles. The molecule has 2 N–H and O–H groups in total. The van der Waals surface area contributed by atoms with Gasteiger partial charge in [0.2, 0.25) is 0 Å². The van der Waals surface area contributed by atoms with Gasteiger partial charge in [0.05, 0.1) is 16.3 Å². The summed E-state index contributed by atoms with van der Waals surface area (Å²) in [5.41, 5.74) is -1.97. The molecule has 0 bridgehead atoms. The van der Waals surface area contributed by atoms with Crippen molar-refractivity contribution >= 4 is 10.8 Å². The highest BCUT2D eigenvalue weighted by molar-refractivity contribution is 5.83. The third-order valence-electron chi connectivity index (χ3n) is 2.53. The summed E-state index contributed by atoms with van der Waals surface area (Å²) in [6, 6.07) is 2.08. The van der Waals surface area contributed by atoms with Gasteiger partial charge in [0.15, 0.2) is 11.5 Å². The second-order valence-electron chi connectivity index (χ2n) is 5.04. The van der Waals surface area contributed by atoms with Crippen LogP contribution in [0.5, 0.6) is 11.5 Å². The highest BCUT2D eigenvalue weighted by Gasteiger charge is 2.21. The van der Waals surface area contributed by atoms with Crippen molar-refractivity contribution in [1.82, 2.24) is 4.74 Å². The standard InChI is InChI=1S/C12H13NO5/c1-12(2,3)13-10(16)6-4-8(14)9(15)5-7(6)11(17)18-13/h4-5,14-15H,1-3H3. The number of hydrogen-bond donors (Lipinski definition) is 2. The van der Waals surface area contributed by atoms with Gasteiger partial charge in [-0.05, 0) is 32.9 Å². The van der Waals surface area contributed by atoms with Crippen molar-refractivity contribution in [3.63, 3.8) is 0 Å². The number of aromatic hydroxyl groups is 2. The molecule has 0 spiro atoms. The molecule has 0 aliphatic rings. The summed E-state index contributed by atoms with van der Waals surface area (Å²) in [5, 5.41) is 18.7. The van der Waals surface area contributed by atoms with Gasteiger partial charge in [-0.2, -0.15) is 4.74 Å². The average Bonchev–Trinajstić information content (AvgIpc) is 2.24. The molecule has 0 saturated heterocycles. The Balaban J connectivity index is 3.01. The molecule has 1 heterocycles. The first-order valence-corrected chi connectivity index (χ1v) is 5.34. The normalized spacial score (nSPS) is 11.9. The largest absolute Gasteiger partial charge is 0.504 e. The predicted octanol–water partition coefficient (Wildman–Crippen LogP) is 1.12. The summed E-state index contributed by atoms with van der Waals surface area (Å²) in [7, 11) is 0. The van der Waals surface area contributed by atoms with Crippen LogP contribution in [0.3, 0.4) is 0 Å². The van der Waals surface area contributed by atoms with Gasteiger partial charge in [-0.15, -0.1) is 0 Å². The van der Waals surface area contributed by atoms with Crippen molar-refractivity contribution in [1.29, 1.82) is 0 Å². The van der Waals surface area contributed by atoms with E-state index in [2.05, 4.69) is 0 Å². The fourth-order valence-corrected chi connectivity index (χ4v) is 1.65. The molecule has 96 valence electrons. The van der Waals surface area contributed by atoms with Gasteiger partial charge in [-0.3, -0.25) is 4.79 Å². The van der Waals surface area contributed by atoms with Crippen LogP contribution in [0.4, 0.5) is 0 Å². The van der Waals surface area contributed by atoms with Crippen molar-refractivity contribution in [2.24, 2.45) is 0 Å². The van der Waals surface area contributed by atoms with Gasteiger partial charge in [-0.1, -0.05) is 0 Å². The molecule has 0 aliphatic carbocycles. The maximum Gasteiger partial charge on any atom is 0.364 e. The SMILES string of the molecule is CC(C)(C)n1oc(=O)c2cc(O)c(O)cc2c1=O. The summed E-state index contributed by atoms with van der Waals surface area (Å²) >= 11 is 0. The molecule has 0 saturated carbocycles. The lowest BCUT2D eigenvalue weighted by atomic mass is 10.1. The summed E-state index contributed by atoms with van der Waals surface area (Å²) in [6.45, 7) is 5.14. The van der Waals surface area contributed by atoms with Crippen LogP contribution < -0.4 is 11.2 Å². The fraction of sp³-hybridized carbons (Fsp3) is 0.333. The minimum Gasteiger partial charge on any atom is -0.504 e. The molecule has 2 rings (SSSR count). The van der Waals surface area contributed by atoms with Crippen molar-refractivity contribution in [2.45, 2.75) is 26.3 Å². The van der Waals surface area contributed by atoms with E-state index in [1.54, 1.807) is 20.8 Å². The summed E-state index contributed by atoms with van der Waals surface area (Å²) in [5.74, 6) is -0.923. The topological polar surface area (TPSA) is 92.7 Å². The predicted molar refractivity (Wildman–Crippen MR) is 65.1 cm³/mol. The second kappa shape index (κ2) is 3.63. The molecule has 0 fully saturated rings. The maximum atomic E-state index is 12.1. The Hall–Kier alpha value is -2.24. The number of rotatable bonds is 0. The van der Waals surface area contributed by atoms with Gasteiger partial charge in [0.25, 0.3) is 5.56 Å².